The van der Waals surface area contributed by atoms with Crippen LogP contribution < -0.4 is 11.5 Å². The largest absolute Gasteiger partial charge is 0.323 e. The number of hydrogen-bond acceptors (Lipinski definition) is 2. The summed E-state index contributed by atoms with van der Waals surface area (Å²) in [6, 6.07) is 6.19. The first-order valence-corrected chi connectivity index (χ1v) is 6.36. The third kappa shape index (κ3) is 1.92. The van der Waals surface area contributed by atoms with E-state index in [-0.39, 0.29) is 6.04 Å². The topological polar surface area (TPSA) is 52.0 Å². The quantitative estimate of drug-likeness (QED) is 0.795. The minimum absolute atomic E-state index is 0.143. The van der Waals surface area contributed by atoms with Crippen LogP contribution in [0.3, 0.4) is 0 Å². The van der Waals surface area contributed by atoms with Crippen LogP contribution in [0.4, 0.5) is 0 Å². The Bertz CT molecular complexity index is 516. The van der Waals surface area contributed by atoms with E-state index < -0.39 is 5.54 Å². The Kier molecular flexibility index (Phi) is 3.18. The molecular formula is C16H22N2. The molecule has 0 spiro atoms. The molecule has 4 N–H and O–H groups in total. The summed E-state index contributed by atoms with van der Waals surface area (Å²) in [6.07, 6.45) is 4.08. The maximum Gasteiger partial charge on any atom is 0.0579 e. The van der Waals surface area contributed by atoms with Crippen molar-refractivity contribution in [3.05, 3.63) is 52.6 Å². The van der Waals surface area contributed by atoms with Crippen molar-refractivity contribution in [2.24, 2.45) is 11.5 Å². The second-order valence-corrected chi connectivity index (χ2v) is 5.49. The van der Waals surface area contributed by atoms with Gasteiger partial charge in [-0.25, -0.2) is 0 Å². The Morgan fingerprint density at radius 2 is 1.67 bits per heavy atom. The lowest BCUT2D eigenvalue weighted by atomic mass is 9.74. The van der Waals surface area contributed by atoms with Gasteiger partial charge in [-0.3, -0.25) is 0 Å². The van der Waals surface area contributed by atoms with Gasteiger partial charge in [-0.1, -0.05) is 30.4 Å². The Morgan fingerprint density at radius 3 is 2.22 bits per heavy atom. The number of allylic oxidation sites excluding steroid dienone is 2. The maximum atomic E-state index is 6.49. The second kappa shape index (κ2) is 4.38. The summed E-state index contributed by atoms with van der Waals surface area (Å²) in [5, 5.41) is 0. The van der Waals surface area contributed by atoms with E-state index in [0.717, 1.165) is 0 Å². The lowest BCUT2D eigenvalue weighted by Gasteiger charge is -2.38. The second-order valence-electron chi connectivity index (χ2n) is 5.49. The maximum absolute atomic E-state index is 6.49. The van der Waals surface area contributed by atoms with Gasteiger partial charge >= 0.3 is 0 Å². The van der Waals surface area contributed by atoms with Crippen molar-refractivity contribution in [3.63, 3.8) is 0 Å². The molecule has 0 radical (unpaired) electrons. The fraction of sp³-hybridized carbons (Fsp3) is 0.375. The summed E-state index contributed by atoms with van der Waals surface area (Å²) in [7, 11) is 0. The third-order valence-corrected chi connectivity index (χ3v) is 3.91. The molecule has 2 unspecified atom stereocenters. The molecule has 1 aromatic carbocycles. The molecule has 2 nitrogen and oxygen atoms in total. The van der Waals surface area contributed by atoms with Crippen LogP contribution in [0.15, 0.2) is 35.9 Å². The highest BCUT2D eigenvalue weighted by atomic mass is 14.8. The van der Waals surface area contributed by atoms with Gasteiger partial charge in [0.2, 0.25) is 0 Å². The van der Waals surface area contributed by atoms with E-state index in [2.05, 4.69) is 45.0 Å². The van der Waals surface area contributed by atoms with Crippen LogP contribution in [-0.2, 0) is 0 Å². The van der Waals surface area contributed by atoms with Crippen LogP contribution in [0.1, 0.15) is 30.5 Å². The monoisotopic (exact) mass is 242 g/mol. The van der Waals surface area contributed by atoms with Gasteiger partial charge in [-0.2, -0.15) is 0 Å². The van der Waals surface area contributed by atoms with E-state index in [9.17, 15) is 0 Å². The fourth-order valence-corrected chi connectivity index (χ4v) is 2.80. The van der Waals surface area contributed by atoms with Crippen LogP contribution in [-0.4, -0.2) is 11.6 Å². The smallest absolute Gasteiger partial charge is 0.0579 e. The van der Waals surface area contributed by atoms with Gasteiger partial charge in [0.15, 0.2) is 0 Å². The first kappa shape index (κ1) is 13.1. The molecule has 96 valence electrons. The molecule has 0 bridgehead atoms. The standard InChI is InChI=1S/C16H22N2/c1-10-6-5-7-11(2)14(10)15-12(3)8-9-13(17)16(15,4)18/h5-9,13H,17-18H2,1-4H3. The lowest BCUT2D eigenvalue weighted by molar-refractivity contribution is 0.528. The first-order chi connectivity index (χ1) is 8.35. The molecule has 0 aromatic heterocycles. The SMILES string of the molecule is CC1=C(c2c(C)cccc2C)C(C)(N)C(N)C=C1. The van der Waals surface area contributed by atoms with E-state index in [1.165, 1.54) is 27.8 Å². The minimum atomic E-state index is -0.518. The fourth-order valence-electron chi connectivity index (χ4n) is 2.80. The van der Waals surface area contributed by atoms with E-state index in [1.807, 2.05) is 13.0 Å². The average molecular weight is 242 g/mol. The van der Waals surface area contributed by atoms with Crippen LogP contribution in [0.2, 0.25) is 0 Å². The van der Waals surface area contributed by atoms with Gasteiger partial charge in [0.1, 0.15) is 0 Å². The highest BCUT2D eigenvalue weighted by Gasteiger charge is 2.35. The summed E-state index contributed by atoms with van der Waals surface area (Å²) < 4.78 is 0. The molecule has 0 amide bonds. The van der Waals surface area contributed by atoms with Crippen molar-refractivity contribution < 1.29 is 0 Å². The van der Waals surface area contributed by atoms with Crippen LogP contribution >= 0.6 is 0 Å². The normalized spacial score (nSPS) is 27.8. The highest BCUT2D eigenvalue weighted by molar-refractivity contribution is 5.82. The van der Waals surface area contributed by atoms with E-state index in [0.29, 0.717) is 0 Å². The van der Waals surface area contributed by atoms with Gasteiger partial charge in [0, 0.05) is 6.04 Å². The molecular weight excluding hydrogens is 220 g/mol. The van der Waals surface area contributed by atoms with Crippen LogP contribution in [0, 0.1) is 13.8 Å². The number of hydrogen-bond donors (Lipinski definition) is 2. The van der Waals surface area contributed by atoms with Crippen LogP contribution in [0.5, 0.6) is 0 Å². The molecule has 0 aliphatic heterocycles. The minimum Gasteiger partial charge on any atom is -0.323 e. The molecule has 18 heavy (non-hydrogen) atoms. The Morgan fingerprint density at radius 1 is 1.11 bits per heavy atom. The van der Waals surface area contributed by atoms with Crippen molar-refractivity contribution in [3.8, 4) is 0 Å². The Balaban J connectivity index is 2.72. The average Bonchev–Trinajstić information content (AvgIpc) is 2.28. The van der Waals surface area contributed by atoms with E-state index >= 15 is 0 Å². The molecule has 0 heterocycles. The van der Waals surface area contributed by atoms with Gasteiger partial charge < -0.3 is 11.5 Å². The van der Waals surface area contributed by atoms with Gasteiger partial charge in [0.25, 0.3) is 0 Å². The predicted octanol–water partition coefficient (Wildman–Crippen LogP) is 2.69. The summed E-state index contributed by atoms with van der Waals surface area (Å²) >= 11 is 0. The van der Waals surface area contributed by atoms with E-state index in [1.54, 1.807) is 0 Å². The number of rotatable bonds is 1. The molecule has 0 saturated heterocycles. The molecule has 1 aliphatic carbocycles. The van der Waals surface area contributed by atoms with Crippen molar-refractivity contribution >= 4 is 5.57 Å². The molecule has 1 aliphatic rings. The van der Waals surface area contributed by atoms with Gasteiger partial charge in [-0.15, -0.1) is 0 Å². The third-order valence-electron chi connectivity index (χ3n) is 3.91. The predicted molar refractivity (Wildman–Crippen MR) is 78.2 cm³/mol. The molecule has 0 fully saturated rings. The summed E-state index contributed by atoms with van der Waals surface area (Å²) in [5.41, 5.74) is 18.3. The van der Waals surface area contributed by atoms with Crippen molar-refractivity contribution in [2.75, 3.05) is 0 Å². The summed E-state index contributed by atoms with van der Waals surface area (Å²) in [6.45, 7) is 8.38. The first-order valence-electron chi connectivity index (χ1n) is 6.36. The van der Waals surface area contributed by atoms with Crippen molar-refractivity contribution in [2.45, 2.75) is 39.3 Å². The number of benzene rings is 1. The van der Waals surface area contributed by atoms with Crippen molar-refractivity contribution in [1.29, 1.82) is 0 Å². The molecule has 2 rings (SSSR count). The van der Waals surface area contributed by atoms with Crippen LogP contribution in [0.25, 0.3) is 5.57 Å². The Hall–Kier alpha value is -1.38. The molecule has 2 heteroatoms. The lowest BCUT2D eigenvalue weighted by Crippen LogP contribution is -2.54. The zero-order valence-corrected chi connectivity index (χ0v) is 11.6. The van der Waals surface area contributed by atoms with Gasteiger partial charge in [-0.05, 0) is 55.5 Å². The zero-order valence-electron chi connectivity index (χ0n) is 11.6. The zero-order chi connectivity index (χ0) is 13.5. The number of nitrogens with two attached hydrogens (primary N) is 2. The number of aryl methyl sites for hydroxylation is 2. The van der Waals surface area contributed by atoms with Crippen molar-refractivity contribution in [1.82, 2.24) is 0 Å². The summed E-state index contributed by atoms with van der Waals surface area (Å²) in [5.74, 6) is 0. The summed E-state index contributed by atoms with van der Waals surface area (Å²) in [4.78, 5) is 0. The molecule has 1 aromatic rings. The van der Waals surface area contributed by atoms with E-state index in [4.69, 9.17) is 11.5 Å². The van der Waals surface area contributed by atoms with Gasteiger partial charge in [0.05, 0.1) is 5.54 Å². The highest BCUT2D eigenvalue weighted by Crippen LogP contribution is 2.37. The Labute approximate surface area is 109 Å². The molecule has 0 saturated carbocycles. The molecule has 2 atom stereocenters.